The monoisotopic (exact) mass is 262 g/mol. The highest BCUT2D eigenvalue weighted by Crippen LogP contribution is 2.21. The van der Waals surface area contributed by atoms with E-state index in [9.17, 15) is 0 Å². The van der Waals surface area contributed by atoms with Gasteiger partial charge in [0, 0.05) is 25.2 Å². The lowest BCUT2D eigenvalue weighted by Crippen LogP contribution is -2.32. The van der Waals surface area contributed by atoms with Crippen LogP contribution in [-0.2, 0) is 0 Å². The molecule has 3 N–H and O–H groups in total. The quantitative estimate of drug-likeness (QED) is 0.856. The molecular weight excluding hydrogens is 236 g/mol. The van der Waals surface area contributed by atoms with E-state index < -0.39 is 0 Å². The molecule has 0 aliphatic heterocycles. The van der Waals surface area contributed by atoms with Gasteiger partial charge in [-0.25, -0.2) is 4.98 Å². The van der Waals surface area contributed by atoms with Gasteiger partial charge in [-0.2, -0.15) is 0 Å². The van der Waals surface area contributed by atoms with Crippen LogP contribution < -0.4 is 16.0 Å². The summed E-state index contributed by atoms with van der Waals surface area (Å²) in [6.45, 7) is 6.30. The van der Waals surface area contributed by atoms with Gasteiger partial charge in [-0.05, 0) is 51.7 Å². The van der Waals surface area contributed by atoms with Crippen molar-refractivity contribution in [2.24, 2.45) is 5.73 Å². The number of hydrogen-bond acceptors (Lipinski definition) is 4. The van der Waals surface area contributed by atoms with Crippen LogP contribution in [0.4, 0.5) is 11.5 Å². The molecule has 1 heterocycles. The molecule has 1 aromatic rings. The molecule has 0 spiro atoms. The second-order valence-electron chi connectivity index (χ2n) is 5.33. The highest BCUT2D eigenvalue weighted by molar-refractivity contribution is 5.49. The summed E-state index contributed by atoms with van der Waals surface area (Å²) in [6.07, 6.45) is 6.53. The number of pyridine rings is 1. The summed E-state index contributed by atoms with van der Waals surface area (Å²) in [5, 5.41) is 3.57. The molecular formula is C15H26N4. The first-order chi connectivity index (χ1) is 9.22. The van der Waals surface area contributed by atoms with E-state index in [0.717, 1.165) is 37.4 Å². The van der Waals surface area contributed by atoms with Crippen molar-refractivity contribution in [3.63, 3.8) is 0 Å². The maximum atomic E-state index is 5.93. The number of rotatable bonds is 5. The van der Waals surface area contributed by atoms with Gasteiger partial charge in [-0.3, -0.25) is 0 Å². The third-order valence-electron chi connectivity index (χ3n) is 3.98. The lowest BCUT2D eigenvalue weighted by molar-refractivity contribution is 0.411. The molecule has 1 aliphatic carbocycles. The Morgan fingerprint density at radius 2 is 1.89 bits per heavy atom. The summed E-state index contributed by atoms with van der Waals surface area (Å²) in [6, 6.07) is 5.20. The van der Waals surface area contributed by atoms with Gasteiger partial charge in [0.2, 0.25) is 0 Å². The zero-order valence-corrected chi connectivity index (χ0v) is 12.1. The van der Waals surface area contributed by atoms with Crippen LogP contribution in [-0.4, -0.2) is 30.2 Å². The van der Waals surface area contributed by atoms with E-state index in [0.29, 0.717) is 12.1 Å². The molecule has 1 aromatic heterocycles. The summed E-state index contributed by atoms with van der Waals surface area (Å²) in [5.74, 6) is 1.06. The number of hydrogen-bond donors (Lipinski definition) is 2. The fourth-order valence-corrected chi connectivity index (χ4v) is 2.71. The van der Waals surface area contributed by atoms with Crippen molar-refractivity contribution in [3.8, 4) is 0 Å². The molecule has 19 heavy (non-hydrogen) atoms. The van der Waals surface area contributed by atoms with E-state index in [4.69, 9.17) is 5.73 Å². The first-order valence-corrected chi connectivity index (χ1v) is 7.46. The Morgan fingerprint density at radius 1 is 1.21 bits per heavy atom. The third-order valence-corrected chi connectivity index (χ3v) is 3.98. The highest BCUT2D eigenvalue weighted by Gasteiger charge is 2.18. The molecule has 0 aromatic carbocycles. The number of anilines is 2. The number of nitrogens with one attached hydrogen (secondary N) is 1. The minimum atomic E-state index is 0.404. The average molecular weight is 262 g/mol. The zero-order valence-electron chi connectivity index (χ0n) is 12.1. The maximum absolute atomic E-state index is 5.93. The highest BCUT2D eigenvalue weighted by atomic mass is 15.2. The molecule has 0 atom stereocenters. The summed E-state index contributed by atoms with van der Waals surface area (Å²) in [7, 11) is 0. The standard InChI is InChI=1S/C15H26N4/c1-3-19(4-2)15-10-9-14(11-17-15)18-13-7-5-12(16)6-8-13/h9-13,18H,3-8,16H2,1-2H3. The van der Waals surface area contributed by atoms with E-state index in [1.807, 2.05) is 6.20 Å². The predicted octanol–water partition coefficient (Wildman–Crippen LogP) is 2.61. The molecule has 1 aliphatic rings. The largest absolute Gasteiger partial charge is 0.381 e. The molecule has 4 nitrogen and oxygen atoms in total. The van der Waals surface area contributed by atoms with Gasteiger partial charge in [0.25, 0.3) is 0 Å². The summed E-state index contributed by atoms with van der Waals surface area (Å²) in [4.78, 5) is 6.79. The van der Waals surface area contributed by atoms with Crippen LogP contribution in [0.3, 0.4) is 0 Å². The van der Waals surface area contributed by atoms with E-state index in [1.54, 1.807) is 0 Å². The maximum Gasteiger partial charge on any atom is 0.128 e. The molecule has 1 saturated carbocycles. The van der Waals surface area contributed by atoms with Crippen molar-refractivity contribution >= 4 is 11.5 Å². The lowest BCUT2D eigenvalue weighted by Gasteiger charge is -2.27. The Morgan fingerprint density at radius 3 is 2.42 bits per heavy atom. The second kappa shape index (κ2) is 6.75. The van der Waals surface area contributed by atoms with Crippen LogP contribution in [0.5, 0.6) is 0 Å². The van der Waals surface area contributed by atoms with Crippen molar-refractivity contribution in [1.29, 1.82) is 0 Å². The van der Waals surface area contributed by atoms with Gasteiger partial charge in [-0.1, -0.05) is 0 Å². The topological polar surface area (TPSA) is 54.2 Å². The Hall–Kier alpha value is -1.29. The minimum absolute atomic E-state index is 0.404. The van der Waals surface area contributed by atoms with Gasteiger partial charge in [0.1, 0.15) is 5.82 Å². The van der Waals surface area contributed by atoms with Gasteiger partial charge >= 0.3 is 0 Å². The summed E-state index contributed by atoms with van der Waals surface area (Å²) >= 11 is 0. The number of nitrogens with zero attached hydrogens (tertiary/aromatic N) is 2. The van der Waals surface area contributed by atoms with Gasteiger partial charge in [0.15, 0.2) is 0 Å². The molecule has 1 fully saturated rings. The Kier molecular flexibility index (Phi) is 5.02. The molecule has 0 radical (unpaired) electrons. The third kappa shape index (κ3) is 3.83. The molecule has 4 heteroatoms. The minimum Gasteiger partial charge on any atom is -0.381 e. The van der Waals surface area contributed by atoms with E-state index in [1.165, 1.54) is 12.8 Å². The van der Waals surface area contributed by atoms with Crippen LogP contribution in [0, 0.1) is 0 Å². The molecule has 2 rings (SSSR count). The van der Waals surface area contributed by atoms with Crippen molar-refractivity contribution in [2.75, 3.05) is 23.3 Å². The normalized spacial score (nSPS) is 23.1. The zero-order chi connectivity index (χ0) is 13.7. The fraction of sp³-hybridized carbons (Fsp3) is 0.667. The van der Waals surface area contributed by atoms with Crippen molar-refractivity contribution in [2.45, 2.75) is 51.6 Å². The molecule has 0 unspecified atom stereocenters. The van der Waals surface area contributed by atoms with Gasteiger partial charge < -0.3 is 16.0 Å². The Bertz CT molecular complexity index is 364. The average Bonchev–Trinajstić information content (AvgIpc) is 2.44. The predicted molar refractivity (Wildman–Crippen MR) is 81.7 cm³/mol. The van der Waals surface area contributed by atoms with E-state index >= 15 is 0 Å². The summed E-state index contributed by atoms with van der Waals surface area (Å²) in [5.41, 5.74) is 7.05. The summed E-state index contributed by atoms with van der Waals surface area (Å²) < 4.78 is 0. The second-order valence-corrected chi connectivity index (χ2v) is 5.33. The SMILES string of the molecule is CCN(CC)c1ccc(NC2CCC(N)CC2)cn1. The first kappa shape index (κ1) is 14.1. The molecule has 0 bridgehead atoms. The van der Waals surface area contributed by atoms with E-state index in [-0.39, 0.29) is 0 Å². The molecule has 106 valence electrons. The number of aromatic nitrogens is 1. The van der Waals surface area contributed by atoms with Crippen LogP contribution >= 0.6 is 0 Å². The molecule has 0 amide bonds. The smallest absolute Gasteiger partial charge is 0.128 e. The lowest BCUT2D eigenvalue weighted by atomic mass is 9.92. The first-order valence-electron chi connectivity index (χ1n) is 7.46. The molecule has 0 saturated heterocycles. The van der Waals surface area contributed by atoms with Crippen molar-refractivity contribution in [1.82, 2.24) is 4.98 Å². The van der Waals surface area contributed by atoms with Crippen molar-refractivity contribution in [3.05, 3.63) is 18.3 Å². The van der Waals surface area contributed by atoms with E-state index in [2.05, 4.69) is 41.2 Å². The van der Waals surface area contributed by atoms with Crippen LogP contribution in [0.1, 0.15) is 39.5 Å². The van der Waals surface area contributed by atoms with Crippen LogP contribution in [0.25, 0.3) is 0 Å². The Labute approximate surface area is 116 Å². The van der Waals surface area contributed by atoms with Gasteiger partial charge in [0.05, 0.1) is 11.9 Å². The van der Waals surface area contributed by atoms with Crippen LogP contribution in [0.2, 0.25) is 0 Å². The Balaban J connectivity index is 1.91. The van der Waals surface area contributed by atoms with Crippen LogP contribution in [0.15, 0.2) is 18.3 Å². The van der Waals surface area contributed by atoms with Crippen molar-refractivity contribution < 1.29 is 0 Å². The van der Waals surface area contributed by atoms with Gasteiger partial charge in [-0.15, -0.1) is 0 Å². The number of nitrogens with two attached hydrogens (primary N) is 1. The fourth-order valence-electron chi connectivity index (χ4n) is 2.71.